The Morgan fingerprint density at radius 2 is 2.03 bits per heavy atom. The fourth-order valence-electron chi connectivity index (χ4n) is 3.87. The minimum atomic E-state index is -3.85. The molecule has 0 saturated carbocycles. The zero-order valence-electron chi connectivity index (χ0n) is 18.3. The van der Waals surface area contributed by atoms with Gasteiger partial charge in [0.05, 0.1) is 14.2 Å². The van der Waals surface area contributed by atoms with Crippen LogP contribution in [0.2, 0.25) is 0 Å². The number of aryl methyl sites for hydroxylation is 1. The van der Waals surface area contributed by atoms with Crippen molar-refractivity contribution < 1.29 is 27.0 Å². The first-order valence-electron chi connectivity index (χ1n) is 10.2. The molecule has 1 aromatic carbocycles. The first-order valence-corrected chi connectivity index (χ1v) is 11.6. The van der Waals surface area contributed by atoms with Gasteiger partial charge in [-0.1, -0.05) is 0 Å². The minimum Gasteiger partial charge on any atom is -0.497 e. The summed E-state index contributed by atoms with van der Waals surface area (Å²) in [5.41, 5.74) is 3.03. The van der Waals surface area contributed by atoms with E-state index in [0.717, 1.165) is 17.7 Å². The van der Waals surface area contributed by atoms with Crippen LogP contribution in [0.1, 0.15) is 17.7 Å². The highest BCUT2D eigenvalue weighted by Crippen LogP contribution is 2.35. The largest absolute Gasteiger partial charge is 0.497 e. The number of hydrogen-bond acceptors (Lipinski definition) is 8. The number of aromatic nitrogens is 3. The van der Waals surface area contributed by atoms with E-state index >= 15 is 0 Å². The standard InChI is InChI=1S/C21H26N4O6S/c1-28-10-4-8-25-18-7-9-24(12-16(18)21(23-25)17-13-31-14-22-17)32(26,27)20-11-15(29-2)5-6-19(20)30-3/h5-6,11,13-14H,4,7-10,12H2,1-3H3. The summed E-state index contributed by atoms with van der Waals surface area (Å²) < 4.78 is 51.4. The van der Waals surface area contributed by atoms with Crippen LogP contribution in [0.25, 0.3) is 11.4 Å². The van der Waals surface area contributed by atoms with Gasteiger partial charge in [-0.2, -0.15) is 9.40 Å². The maximum absolute atomic E-state index is 13.6. The third-order valence-corrected chi connectivity index (χ3v) is 7.35. The molecule has 1 aliphatic rings. The number of hydrogen-bond donors (Lipinski definition) is 0. The van der Waals surface area contributed by atoms with E-state index in [-0.39, 0.29) is 17.2 Å². The zero-order valence-corrected chi connectivity index (χ0v) is 19.1. The first-order chi connectivity index (χ1) is 15.5. The molecule has 32 heavy (non-hydrogen) atoms. The maximum atomic E-state index is 13.6. The maximum Gasteiger partial charge on any atom is 0.247 e. The Morgan fingerprint density at radius 1 is 1.19 bits per heavy atom. The van der Waals surface area contributed by atoms with E-state index in [2.05, 4.69) is 4.98 Å². The van der Waals surface area contributed by atoms with Crippen LogP contribution < -0.4 is 9.47 Å². The lowest BCUT2D eigenvalue weighted by atomic mass is 10.1. The first kappa shape index (κ1) is 22.3. The Morgan fingerprint density at radius 3 is 2.72 bits per heavy atom. The van der Waals surface area contributed by atoms with Crippen LogP contribution in [-0.2, 0) is 34.3 Å². The van der Waals surface area contributed by atoms with E-state index < -0.39 is 10.0 Å². The molecule has 3 heterocycles. The topological polar surface area (TPSA) is 109 Å². The summed E-state index contributed by atoms with van der Waals surface area (Å²) in [6, 6.07) is 4.74. The summed E-state index contributed by atoms with van der Waals surface area (Å²) >= 11 is 0. The number of fused-ring (bicyclic) bond motifs is 1. The molecule has 3 aromatic rings. The zero-order chi connectivity index (χ0) is 22.7. The predicted octanol–water partition coefficient (Wildman–Crippen LogP) is 2.34. The van der Waals surface area contributed by atoms with Crippen LogP contribution in [0.5, 0.6) is 11.5 Å². The number of methoxy groups -OCH3 is 3. The molecule has 0 aliphatic carbocycles. The molecule has 0 atom stereocenters. The molecular formula is C21H26N4O6S. The second-order valence-corrected chi connectivity index (χ2v) is 9.23. The second kappa shape index (κ2) is 9.31. The lowest BCUT2D eigenvalue weighted by Crippen LogP contribution is -2.36. The van der Waals surface area contributed by atoms with Gasteiger partial charge in [-0.3, -0.25) is 4.68 Å². The van der Waals surface area contributed by atoms with E-state index in [4.69, 9.17) is 23.7 Å². The van der Waals surface area contributed by atoms with E-state index in [1.807, 2.05) is 4.68 Å². The average molecular weight is 463 g/mol. The van der Waals surface area contributed by atoms with Crippen molar-refractivity contribution >= 4 is 10.0 Å². The van der Waals surface area contributed by atoms with Gasteiger partial charge in [0.15, 0.2) is 6.39 Å². The number of ether oxygens (including phenoxy) is 3. The lowest BCUT2D eigenvalue weighted by molar-refractivity contribution is 0.188. The highest BCUT2D eigenvalue weighted by atomic mass is 32.2. The molecule has 11 heteroatoms. The number of benzene rings is 1. The van der Waals surface area contributed by atoms with Gasteiger partial charge < -0.3 is 18.6 Å². The minimum absolute atomic E-state index is 0.0678. The van der Waals surface area contributed by atoms with Crippen molar-refractivity contribution in [3.63, 3.8) is 0 Å². The lowest BCUT2D eigenvalue weighted by Gasteiger charge is -2.28. The normalized spacial score (nSPS) is 14.3. The molecule has 1 aliphatic heterocycles. The van der Waals surface area contributed by atoms with E-state index in [9.17, 15) is 8.42 Å². The van der Waals surface area contributed by atoms with Crippen molar-refractivity contribution in [1.82, 2.24) is 19.1 Å². The summed E-state index contributed by atoms with van der Waals surface area (Å²) in [6.07, 6.45) is 4.18. The highest BCUT2D eigenvalue weighted by Gasteiger charge is 2.35. The summed E-state index contributed by atoms with van der Waals surface area (Å²) in [5.74, 6) is 0.708. The second-order valence-electron chi connectivity index (χ2n) is 7.32. The Bertz CT molecular complexity index is 1170. The van der Waals surface area contributed by atoms with Crippen LogP contribution in [-0.4, -0.2) is 62.0 Å². The molecule has 2 aromatic heterocycles. The van der Waals surface area contributed by atoms with Crippen molar-refractivity contribution in [2.75, 3.05) is 34.5 Å². The SMILES string of the molecule is COCCCn1nc(-c2cocn2)c2c1CCN(S(=O)(=O)c1cc(OC)ccc1OC)C2. The van der Waals surface area contributed by atoms with Gasteiger partial charge in [0, 0.05) is 57.1 Å². The van der Waals surface area contributed by atoms with Crippen LogP contribution in [0.3, 0.4) is 0 Å². The molecule has 0 N–H and O–H groups in total. The number of nitrogens with zero attached hydrogens (tertiary/aromatic N) is 4. The molecular weight excluding hydrogens is 436 g/mol. The predicted molar refractivity (Wildman–Crippen MR) is 115 cm³/mol. The third kappa shape index (κ3) is 4.10. The van der Waals surface area contributed by atoms with E-state index in [1.54, 1.807) is 19.2 Å². The highest BCUT2D eigenvalue weighted by molar-refractivity contribution is 7.89. The van der Waals surface area contributed by atoms with Crippen molar-refractivity contribution in [1.29, 1.82) is 0 Å². The molecule has 0 saturated heterocycles. The fraction of sp³-hybridized carbons (Fsp3) is 0.429. The molecule has 172 valence electrons. The summed E-state index contributed by atoms with van der Waals surface area (Å²) in [6.45, 7) is 1.78. The monoisotopic (exact) mass is 462 g/mol. The number of sulfonamides is 1. The summed E-state index contributed by atoms with van der Waals surface area (Å²) in [5, 5.41) is 4.73. The molecule has 0 fully saturated rings. The van der Waals surface area contributed by atoms with Crippen molar-refractivity contribution in [2.45, 2.75) is 30.8 Å². The third-order valence-electron chi connectivity index (χ3n) is 5.48. The van der Waals surface area contributed by atoms with E-state index in [0.29, 0.717) is 43.3 Å². The molecule has 0 unspecified atom stereocenters. The Labute approximate surface area is 186 Å². The van der Waals surface area contributed by atoms with Gasteiger partial charge in [-0.15, -0.1) is 0 Å². The van der Waals surface area contributed by atoms with Gasteiger partial charge in [0.25, 0.3) is 0 Å². The van der Waals surface area contributed by atoms with Crippen LogP contribution in [0, 0.1) is 0 Å². The molecule has 10 nitrogen and oxygen atoms in total. The van der Waals surface area contributed by atoms with Crippen molar-refractivity contribution in [3.8, 4) is 22.9 Å². The Kier molecular flexibility index (Phi) is 6.49. The van der Waals surface area contributed by atoms with Gasteiger partial charge in [-0.25, -0.2) is 13.4 Å². The molecule has 0 radical (unpaired) electrons. The van der Waals surface area contributed by atoms with Crippen molar-refractivity contribution in [2.24, 2.45) is 0 Å². The van der Waals surface area contributed by atoms with Crippen LogP contribution in [0.15, 0.2) is 40.2 Å². The summed E-state index contributed by atoms with van der Waals surface area (Å²) in [4.78, 5) is 4.30. The number of rotatable bonds is 9. The van der Waals surface area contributed by atoms with Crippen molar-refractivity contribution in [3.05, 3.63) is 42.1 Å². The van der Waals surface area contributed by atoms with Crippen LogP contribution >= 0.6 is 0 Å². The summed E-state index contributed by atoms with van der Waals surface area (Å²) in [7, 11) is 0.752. The quantitative estimate of drug-likeness (QED) is 0.446. The average Bonchev–Trinajstić information content (AvgIpc) is 3.46. The number of oxazole rings is 1. The Hall–Kier alpha value is -2.89. The van der Waals surface area contributed by atoms with Gasteiger partial charge in [-0.05, 0) is 18.6 Å². The smallest absolute Gasteiger partial charge is 0.247 e. The van der Waals surface area contributed by atoms with Crippen LogP contribution in [0.4, 0.5) is 0 Å². The molecule has 0 amide bonds. The van der Waals surface area contributed by atoms with Gasteiger partial charge >= 0.3 is 0 Å². The van der Waals surface area contributed by atoms with Gasteiger partial charge in [0.1, 0.15) is 34.0 Å². The fourth-order valence-corrected chi connectivity index (χ4v) is 5.45. The molecule has 0 spiro atoms. The molecule has 0 bridgehead atoms. The van der Waals surface area contributed by atoms with E-state index in [1.165, 1.54) is 37.2 Å². The Balaban J connectivity index is 1.71. The van der Waals surface area contributed by atoms with Gasteiger partial charge in [0.2, 0.25) is 10.0 Å². The molecule has 4 rings (SSSR count).